The summed E-state index contributed by atoms with van der Waals surface area (Å²) in [6.07, 6.45) is 2.40. The summed E-state index contributed by atoms with van der Waals surface area (Å²) in [6, 6.07) is 5.14. The van der Waals surface area contributed by atoms with Gasteiger partial charge in [-0.15, -0.1) is 0 Å². The standard InChI is InChI=1S/C22H28N4O4/c1-20(2)22(10-21(11-22,12-23)30-20)24-8-13-4-3-5-14-15(13)9-26(19(14)29)16-6-7-17(27)25-18(16)28/h3-5,16,24H,6-12,23H2,1-2H3,(H,25,27,28). The fourth-order valence-corrected chi connectivity index (χ4v) is 5.79. The van der Waals surface area contributed by atoms with Gasteiger partial charge in [0, 0.05) is 31.6 Å². The summed E-state index contributed by atoms with van der Waals surface area (Å²) < 4.78 is 6.26. The third-order valence-corrected chi connectivity index (χ3v) is 7.54. The van der Waals surface area contributed by atoms with E-state index >= 15 is 0 Å². The van der Waals surface area contributed by atoms with Crippen molar-refractivity contribution in [2.24, 2.45) is 5.73 Å². The molecule has 1 aliphatic carbocycles. The van der Waals surface area contributed by atoms with Crippen molar-refractivity contribution in [3.8, 4) is 0 Å². The molecule has 160 valence electrons. The number of nitrogens with one attached hydrogen (secondary N) is 2. The molecule has 1 aromatic rings. The van der Waals surface area contributed by atoms with E-state index in [0.717, 1.165) is 24.0 Å². The van der Waals surface area contributed by atoms with Crippen molar-refractivity contribution in [3.05, 3.63) is 34.9 Å². The van der Waals surface area contributed by atoms with E-state index in [-0.39, 0.29) is 40.9 Å². The maximum atomic E-state index is 13.0. The van der Waals surface area contributed by atoms with Gasteiger partial charge in [-0.25, -0.2) is 0 Å². The van der Waals surface area contributed by atoms with Crippen molar-refractivity contribution < 1.29 is 19.1 Å². The minimum absolute atomic E-state index is 0.124. The molecule has 0 spiro atoms. The van der Waals surface area contributed by atoms with Gasteiger partial charge in [0.15, 0.2) is 0 Å². The molecule has 0 aromatic heterocycles. The van der Waals surface area contributed by atoms with Crippen molar-refractivity contribution in [3.63, 3.8) is 0 Å². The molecular weight excluding hydrogens is 384 g/mol. The van der Waals surface area contributed by atoms with E-state index in [2.05, 4.69) is 24.5 Å². The number of benzene rings is 1. The Balaban J connectivity index is 1.34. The van der Waals surface area contributed by atoms with Crippen LogP contribution >= 0.6 is 0 Å². The molecule has 3 saturated heterocycles. The Morgan fingerprint density at radius 1 is 1.27 bits per heavy atom. The summed E-state index contributed by atoms with van der Waals surface area (Å²) in [4.78, 5) is 38.4. The van der Waals surface area contributed by atoms with Crippen molar-refractivity contribution >= 4 is 17.7 Å². The highest BCUT2D eigenvalue weighted by Crippen LogP contribution is 2.60. The zero-order valence-corrected chi connectivity index (χ0v) is 17.4. The van der Waals surface area contributed by atoms with Crippen LogP contribution in [0.15, 0.2) is 18.2 Å². The third kappa shape index (κ3) is 2.67. The molecule has 1 unspecified atom stereocenters. The summed E-state index contributed by atoms with van der Waals surface area (Å²) in [5, 5.41) is 6.06. The van der Waals surface area contributed by atoms with E-state index in [1.165, 1.54) is 0 Å². The average molecular weight is 412 g/mol. The lowest BCUT2D eigenvalue weighted by atomic mass is 9.62. The highest BCUT2D eigenvalue weighted by atomic mass is 16.5. The van der Waals surface area contributed by atoms with Gasteiger partial charge in [-0.2, -0.15) is 0 Å². The summed E-state index contributed by atoms with van der Waals surface area (Å²) >= 11 is 0. The quantitative estimate of drug-likeness (QED) is 0.610. The number of carbonyl (C=O) groups excluding carboxylic acids is 3. The lowest BCUT2D eigenvalue weighted by molar-refractivity contribution is -0.136. The van der Waals surface area contributed by atoms with Gasteiger partial charge in [-0.05, 0) is 50.3 Å². The van der Waals surface area contributed by atoms with Gasteiger partial charge in [-0.1, -0.05) is 12.1 Å². The van der Waals surface area contributed by atoms with Gasteiger partial charge >= 0.3 is 0 Å². The predicted molar refractivity (Wildman–Crippen MR) is 108 cm³/mol. The largest absolute Gasteiger partial charge is 0.366 e. The molecule has 4 N–H and O–H groups in total. The fraction of sp³-hybridized carbons (Fsp3) is 0.591. The number of rotatable bonds is 5. The average Bonchev–Trinajstić information content (AvgIpc) is 3.20. The van der Waals surface area contributed by atoms with Crippen LogP contribution in [0.3, 0.4) is 0 Å². The number of amides is 3. The molecule has 4 heterocycles. The molecule has 5 aliphatic rings. The lowest BCUT2D eigenvalue weighted by Gasteiger charge is -2.47. The first-order chi connectivity index (χ1) is 14.2. The number of ether oxygens (including phenoxy) is 1. The first-order valence-corrected chi connectivity index (χ1v) is 10.6. The maximum absolute atomic E-state index is 13.0. The van der Waals surface area contributed by atoms with Crippen LogP contribution in [-0.2, 0) is 27.4 Å². The Bertz CT molecular complexity index is 950. The molecule has 1 aromatic carbocycles. The number of imide groups is 1. The van der Waals surface area contributed by atoms with Crippen LogP contribution in [0.5, 0.6) is 0 Å². The molecule has 6 rings (SSSR count). The molecule has 30 heavy (non-hydrogen) atoms. The Morgan fingerprint density at radius 3 is 2.70 bits per heavy atom. The van der Waals surface area contributed by atoms with Crippen molar-refractivity contribution in [2.75, 3.05) is 6.54 Å². The van der Waals surface area contributed by atoms with Crippen molar-refractivity contribution in [1.29, 1.82) is 0 Å². The summed E-state index contributed by atoms with van der Waals surface area (Å²) in [6.45, 7) is 5.74. The molecule has 1 atom stereocenters. The first-order valence-electron chi connectivity index (χ1n) is 10.6. The number of hydrogen-bond acceptors (Lipinski definition) is 6. The van der Waals surface area contributed by atoms with Crippen LogP contribution in [0.2, 0.25) is 0 Å². The lowest BCUT2D eigenvalue weighted by Crippen LogP contribution is -2.64. The molecule has 1 saturated carbocycles. The van der Waals surface area contributed by atoms with Gasteiger partial charge in [0.05, 0.1) is 16.7 Å². The predicted octanol–water partition coefficient (Wildman–Crippen LogP) is 0.576. The SMILES string of the molecule is CC1(C)OC2(CN)CC1(NCc1cccc3c1CN(C1CCC(=O)NC1=O)C3=O)C2. The van der Waals surface area contributed by atoms with Gasteiger partial charge in [0.25, 0.3) is 5.91 Å². The minimum Gasteiger partial charge on any atom is -0.366 e. The van der Waals surface area contributed by atoms with E-state index in [4.69, 9.17) is 10.5 Å². The number of hydrogen-bond donors (Lipinski definition) is 3. The second kappa shape index (κ2) is 6.35. The van der Waals surface area contributed by atoms with Gasteiger partial charge in [-0.3, -0.25) is 19.7 Å². The molecule has 8 heteroatoms. The van der Waals surface area contributed by atoms with Crippen LogP contribution < -0.4 is 16.4 Å². The van der Waals surface area contributed by atoms with E-state index in [1.807, 2.05) is 18.2 Å². The Hall–Kier alpha value is -2.29. The molecule has 4 fully saturated rings. The van der Waals surface area contributed by atoms with E-state index in [9.17, 15) is 14.4 Å². The smallest absolute Gasteiger partial charge is 0.255 e. The Kier molecular flexibility index (Phi) is 4.16. The van der Waals surface area contributed by atoms with Gasteiger partial charge < -0.3 is 20.7 Å². The second-order valence-electron chi connectivity index (χ2n) is 9.63. The molecule has 0 radical (unpaired) electrons. The number of fused-ring (bicyclic) bond motifs is 2. The number of nitrogens with zero attached hydrogens (tertiary/aromatic N) is 1. The molecule has 8 nitrogen and oxygen atoms in total. The second-order valence-corrected chi connectivity index (χ2v) is 9.63. The highest BCUT2D eigenvalue weighted by molar-refractivity contribution is 6.05. The normalized spacial score (nSPS) is 34.0. The Labute approximate surface area is 175 Å². The van der Waals surface area contributed by atoms with Gasteiger partial charge in [0.2, 0.25) is 11.8 Å². The molecule has 4 aliphatic heterocycles. The Morgan fingerprint density at radius 2 is 2.03 bits per heavy atom. The van der Waals surface area contributed by atoms with Crippen molar-refractivity contribution in [1.82, 2.24) is 15.5 Å². The van der Waals surface area contributed by atoms with Crippen LogP contribution in [0.25, 0.3) is 0 Å². The first kappa shape index (κ1) is 19.7. The van der Waals surface area contributed by atoms with E-state index in [1.54, 1.807) is 4.90 Å². The molecular formula is C22H28N4O4. The number of carbonyl (C=O) groups is 3. The van der Waals surface area contributed by atoms with Crippen molar-refractivity contribution in [2.45, 2.75) is 75.4 Å². The zero-order valence-electron chi connectivity index (χ0n) is 17.4. The third-order valence-electron chi connectivity index (χ3n) is 7.54. The van der Waals surface area contributed by atoms with Crippen LogP contribution in [0.1, 0.15) is 61.0 Å². The fourth-order valence-electron chi connectivity index (χ4n) is 5.79. The van der Waals surface area contributed by atoms with Crippen LogP contribution in [0.4, 0.5) is 0 Å². The molecule has 2 bridgehead atoms. The number of nitrogens with two attached hydrogens (primary N) is 1. The minimum atomic E-state index is -0.596. The monoisotopic (exact) mass is 412 g/mol. The number of piperidine rings is 1. The highest BCUT2D eigenvalue weighted by Gasteiger charge is 2.70. The summed E-state index contributed by atoms with van der Waals surface area (Å²) in [5.41, 5.74) is 7.94. The molecule has 3 amide bonds. The van der Waals surface area contributed by atoms with E-state index in [0.29, 0.717) is 31.6 Å². The zero-order chi connectivity index (χ0) is 21.3. The summed E-state index contributed by atoms with van der Waals surface area (Å²) in [7, 11) is 0. The van der Waals surface area contributed by atoms with Gasteiger partial charge in [0.1, 0.15) is 6.04 Å². The van der Waals surface area contributed by atoms with Crippen LogP contribution in [0, 0.1) is 0 Å². The summed E-state index contributed by atoms with van der Waals surface area (Å²) in [5.74, 6) is -0.807. The topological polar surface area (TPSA) is 114 Å². The maximum Gasteiger partial charge on any atom is 0.255 e. The van der Waals surface area contributed by atoms with E-state index < -0.39 is 6.04 Å². The van der Waals surface area contributed by atoms with Crippen LogP contribution in [-0.4, -0.2) is 51.9 Å².